The maximum atomic E-state index is 14.0. The molecule has 8 heteroatoms. The predicted octanol–water partition coefficient (Wildman–Crippen LogP) is 2.90. The van der Waals surface area contributed by atoms with Crippen molar-refractivity contribution in [1.29, 1.82) is 0 Å². The number of nitrogens with two attached hydrogens (primary N) is 1. The molecule has 1 atom stereocenters. The maximum absolute atomic E-state index is 14.0. The summed E-state index contributed by atoms with van der Waals surface area (Å²) in [5.41, 5.74) is 6.63. The fourth-order valence-corrected chi connectivity index (χ4v) is 3.36. The van der Waals surface area contributed by atoms with Gasteiger partial charge in [-0.15, -0.1) is 0 Å². The van der Waals surface area contributed by atoms with Gasteiger partial charge in [-0.2, -0.15) is 0 Å². The molecular weight excluding hydrogens is 476 g/mol. The normalized spacial score (nSPS) is 12.0. The lowest BCUT2D eigenvalue weighted by Gasteiger charge is -2.15. The Morgan fingerprint density at radius 1 is 1.31 bits per heavy atom. The SMILES string of the molecule is NC(=O)c1c(Cc2ccc(I)cc2Cl)cc(F)cc1OCC[C@@H](O)CO. The third-order valence-electron chi connectivity index (χ3n) is 3.71. The van der Waals surface area contributed by atoms with Gasteiger partial charge in [-0.25, -0.2) is 4.39 Å². The van der Waals surface area contributed by atoms with E-state index in [2.05, 4.69) is 22.6 Å². The molecule has 0 heterocycles. The van der Waals surface area contributed by atoms with Crippen LogP contribution in [0.1, 0.15) is 27.9 Å². The van der Waals surface area contributed by atoms with Crippen LogP contribution in [0.2, 0.25) is 5.02 Å². The van der Waals surface area contributed by atoms with E-state index in [0.717, 1.165) is 15.2 Å². The molecule has 0 aliphatic rings. The van der Waals surface area contributed by atoms with Crippen molar-refractivity contribution in [2.45, 2.75) is 18.9 Å². The summed E-state index contributed by atoms with van der Waals surface area (Å²) in [6.07, 6.45) is -0.615. The number of rotatable bonds is 8. The lowest BCUT2D eigenvalue weighted by molar-refractivity contribution is 0.0751. The zero-order valence-corrected chi connectivity index (χ0v) is 16.6. The van der Waals surface area contributed by atoms with Crippen molar-refractivity contribution in [2.24, 2.45) is 5.73 Å². The predicted molar refractivity (Wildman–Crippen MR) is 105 cm³/mol. The Morgan fingerprint density at radius 3 is 2.65 bits per heavy atom. The average Bonchev–Trinajstić information content (AvgIpc) is 2.56. The molecule has 2 aromatic carbocycles. The van der Waals surface area contributed by atoms with Gasteiger partial charge in [0.05, 0.1) is 24.9 Å². The quantitative estimate of drug-likeness (QED) is 0.493. The third kappa shape index (κ3) is 5.54. The molecule has 0 bridgehead atoms. The molecule has 0 aliphatic carbocycles. The summed E-state index contributed by atoms with van der Waals surface area (Å²) in [5, 5.41) is 18.7. The fourth-order valence-electron chi connectivity index (χ4n) is 2.44. The Labute approximate surface area is 169 Å². The second kappa shape index (κ2) is 9.50. The van der Waals surface area contributed by atoms with Crippen LogP contribution in [0.25, 0.3) is 0 Å². The summed E-state index contributed by atoms with van der Waals surface area (Å²) in [6, 6.07) is 7.74. The molecule has 26 heavy (non-hydrogen) atoms. The van der Waals surface area contributed by atoms with E-state index in [9.17, 15) is 14.3 Å². The standard InChI is InChI=1S/C18H18ClFINO4/c19-15-8-13(21)2-1-10(15)5-11-6-12(20)7-16(17(11)18(22)25)26-4-3-14(24)9-23/h1-2,6-8,14,23-24H,3-5,9H2,(H2,22,25)/t14-/m1/s1. The molecule has 0 spiro atoms. The van der Waals surface area contributed by atoms with Crippen LogP contribution < -0.4 is 10.5 Å². The summed E-state index contributed by atoms with van der Waals surface area (Å²) >= 11 is 8.36. The molecule has 0 radical (unpaired) electrons. The molecule has 0 unspecified atom stereocenters. The van der Waals surface area contributed by atoms with E-state index in [1.54, 1.807) is 12.1 Å². The van der Waals surface area contributed by atoms with Gasteiger partial charge in [0.15, 0.2) is 0 Å². The lowest BCUT2D eigenvalue weighted by atomic mass is 9.98. The van der Waals surface area contributed by atoms with E-state index < -0.39 is 24.4 Å². The number of hydrogen-bond donors (Lipinski definition) is 3. The first-order valence-electron chi connectivity index (χ1n) is 7.79. The maximum Gasteiger partial charge on any atom is 0.252 e. The van der Waals surface area contributed by atoms with Gasteiger partial charge >= 0.3 is 0 Å². The third-order valence-corrected chi connectivity index (χ3v) is 4.73. The highest BCUT2D eigenvalue weighted by Crippen LogP contribution is 2.29. The molecule has 0 fully saturated rings. The van der Waals surface area contributed by atoms with Gasteiger partial charge in [0, 0.05) is 21.1 Å². The van der Waals surface area contributed by atoms with Crippen molar-refractivity contribution in [3.05, 3.63) is 61.4 Å². The van der Waals surface area contributed by atoms with E-state index in [0.29, 0.717) is 10.6 Å². The number of aliphatic hydroxyl groups excluding tert-OH is 2. The monoisotopic (exact) mass is 493 g/mol. The van der Waals surface area contributed by atoms with E-state index in [1.807, 2.05) is 6.07 Å². The Bertz CT molecular complexity index is 803. The highest BCUT2D eigenvalue weighted by Gasteiger charge is 2.19. The van der Waals surface area contributed by atoms with Crippen molar-refractivity contribution in [1.82, 2.24) is 0 Å². The van der Waals surface area contributed by atoms with Crippen molar-refractivity contribution >= 4 is 40.1 Å². The van der Waals surface area contributed by atoms with Gasteiger partial charge in [-0.05, 0) is 58.3 Å². The molecule has 2 aromatic rings. The van der Waals surface area contributed by atoms with Crippen molar-refractivity contribution in [2.75, 3.05) is 13.2 Å². The number of primary amides is 1. The first-order valence-corrected chi connectivity index (χ1v) is 9.25. The largest absolute Gasteiger partial charge is 0.493 e. The number of carbonyl (C=O) groups excluding carboxylic acids is 1. The van der Waals surface area contributed by atoms with Gasteiger partial charge in [0.25, 0.3) is 5.91 Å². The zero-order chi connectivity index (χ0) is 19.3. The number of carbonyl (C=O) groups is 1. The highest BCUT2D eigenvalue weighted by molar-refractivity contribution is 14.1. The van der Waals surface area contributed by atoms with E-state index >= 15 is 0 Å². The number of hydrogen-bond acceptors (Lipinski definition) is 4. The van der Waals surface area contributed by atoms with Crippen LogP contribution in [0, 0.1) is 9.39 Å². The van der Waals surface area contributed by atoms with E-state index in [1.165, 1.54) is 6.07 Å². The van der Waals surface area contributed by atoms with Crippen molar-refractivity contribution in [3.8, 4) is 5.75 Å². The van der Waals surface area contributed by atoms with Crippen molar-refractivity contribution in [3.63, 3.8) is 0 Å². The number of aliphatic hydroxyl groups is 2. The molecule has 0 aliphatic heterocycles. The van der Waals surface area contributed by atoms with Gasteiger partial charge in [0.1, 0.15) is 11.6 Å². The van der Waals surface area contributed by atoms with Crippen LogP contribution in [-0.4, -0.2) is 35.4 Å². The minimum Gasteiger partial charge on any atom is -0.493 e. The minimum absolute atomic E-state index is 0.000672. The van der Waals surface area contributed by atoms with Crippen LogP contribution in [-0.2, 0) is 6.42 Å². The second-order valence-corrected chi connectivity index (χ2v) is 7.34. The molecular formula is C18H18ClFINO4. The van der Waals surface area contributed by atoms with E-state index in [-0.39, 0.29) is 30.8 Å². The van der Waals surface area contributed by atoms with E-state index in [4.69, 9.17) is 27.2 Å². The molecule has 4 N–H and O–H groups in total. The molecule has 1 amide bonds. The van der Waals surface area contributed by atoms with Crippen LogP contribution in [0.4, 0.5) is 4.39 Å². The van der Waals surface area contributed by atoms with Gasteiger partial charge in [-0.3, -0.25) is 4.79 Å². The highest BCUT2D eigenvalue weighted by atomic mass is 127. The van der Waals surface area contributed by atoms with Crippen LogP contribution in [0.5, 0.6) is 5.75 Å². The smallest absolute Gasteiger partial charge is 0.252 e. The van der Waals surface area contributed by atoms with Crippen LogP contribution in [0.15, 0.2) is 30.3 Å². The first kappa shape index (κ1) is 20.9. The topological polar surface area (TPSA) is 92.8 Å². The molecule has 0 aromatic heterocycles. The number of benzene rings is 2. The fraction of sp³-hybridized carbons (Fsp3) is 0.278. The molecule has 5 nitrogen and oxygen atoms in total. The number of halogens is 3. The second-order valence-electron chi connectivity index (χ2n) is 5.69. The summed E-state index contributed by atoms with van der Waals surface area (Å²) < 4.78 is 20.4. The molecule has 2 rings (SSSR count). The van der Waals surface area contributed by atoms with Crippen molar-refractivity contribution < 1.29 is 24.1 Å². The minimum atomic E-state index is -0.953. The molecule has 140 valence electrons. The van der Waals surface area contributed by atoms with Gasteiger partial charge in [-0.1, -0.05) is 17.7 Å². The van der Waals surface area contributed by atoms with Crippen LogP contribution in [0.3, 0.4) is 0 Å². The first-order chi connectivity index (χ1) is 12.3. The Kier molecular flexibility index (Phi) is 7.63. The summed E-state index contributed by atoms with van der Waals surface area (Å²) in [4.78, 5) is 11.9. The Morgan fingerprint density at radius 2 is 2.04 bits per heavy atom. The molecule has 0 saturated heterocycles. The van der Waals surface area contributed by atoms with Gasteiger partial charge < -0.3 is 20.7 Å². The summed E-state index contributed by atoms with van der Waals surface area (Å²) in [6.45, 7) is -0.416. The zero-order valence-electron chi connectivity index (χ0n) is 13.7. The number of ether oxygens (including phenoxy) is 1. The molecule has 0 saturated carbocycles. The Hall–Kier alpha value is -1.42. The summed E-state index contributed by atoms with van der Waals surface area (Å²) in [7, 11) is 0. The average molecular weight is 494 g/mol. The number of amides is 1. The van der Waals surface area contributed by atoms with Crippen LogP contribution >= 0.6 is 34.2 Å². The lowest BCUT2D eigenvalue weighted by Crippen LogP contribution is -2.19. The summed E-state index contributed by atoms with van der Waals surface area (Å²) in [5.74, 6) is -1.33. The Balaban J connectivity index is 2.34. The van der Waals surface area contributed by atoms with Gasteiger partial charge in [0.2, 0.25) is 0 Å².